The fourth-order valence-electron chi connectivity index (χ4n) is 1.26. The summed E-state index contributed by atoms with van der Waals surface area (Å²) in [5, 5.41) is 3.33. The van der Waals surface area contributed by atoms with E-state index in [1.54, 1.807) is 6.08 Å². The highest BCUT2D eigenvalue weighted by Crippen LogP contribution is 1.91. The molecule has 1 saturated heterocycles. The molecule has 0 aliphatic carbocycles. The molecule has 0 saturated carbocycles. The van der Waals surface area contributed by atoms with Gasteiger partial charge in [-0.2, -0.15) is 0 Å². The topological polar surface area (TPSA) is 15.3 Å². The van der Waals surface area contributed by atoms with Gasteiger partial charge in [-0.1, -0.05) is 24.3 Å². The van der Waals surface area contributed by atoms with Gasteiger partial charge < -0.3 is 5.32 Å². The molecule has 0 amide bonds. The third-order valence-corrected chi connectivity index (χ3v) is 1.96. The van der Waals surface area contributed by atoms with Crippen molar-refractivity contribution in [3.05, 3.63) is 31.2 Å². The Morgan fingerprint density at radius 1 is 1.25 bits per heavy atom. The monoisotopic (exact) mass is 165 g/mol. The van der Waals surface area contributed by atoms with Crippen molar-refractivity contribution in [3.63, 3.8) is 0 Å². The molecule has 1 rings (SSSR count). The molecule has 1 aliphatic heterocycles. The Labute approximate surface area is 74.9 Å². The number of rotatable bonds is 3. The van der Waals surface area contributed by atoms with Crippen LogP contribution < -0.4 is 5.32 Å². The van der Waals surface area contributed by atoms with E-state index in [1.165, 1.54) is 13.1 Å². The normalized spacial score (nSPS) is 21.1. The largest absolute Gasteiger partial charge is 0.314 e. The lowest BCUT2D eigenvalue weighted by Gasteiger charge is -2.25. The van der Waals surface area contributed by atoms with E-state index in [0.717, 1.165) is 19.6 Å². The molecule has 2 nitrogen and oxygen atoms in total. The lowest BCUT2D eigenvalue weighted by Crippen LogP contribution is -2.43. The fraction of sp³-hybridized carbons (Fsp3) is 0.500. The van der Waals surface area contributed by atoms with Gasteiger partial charge in [-0.05, 0) is 6.92 Å². The van der Waals surface area contributed by atoms with E-state index >= 15 is 0 Å². The molecule has 0 atom stereocenters. The first-order valence-corrected chi connectivity index (χ1v) is 4.47. The molecule has 0 spiro atoms. The van der Waals surface area contributed by atoms with E-state index < -0.39 is 0 Å². The second-order valence-corrected chi connectivity index (χ2v) is 2.91. The summed E-state index contributed by atoms with van der Waals surface area (Å²) in [7, 11) is 0. The van der Waals surface area contributed by atoms with Crippen LogP contribution in [0.1, 0.15) is 0 Å². The minimum Gasteiger partial charge on any atom is -0.314 e. The smallest absolute Gasteiger partial charge is 0.0167 e. The van der Waals surface area contributed by atoms with Crippen molar-refractivity contribution in [2.24, 2.45) is 0 Å². The molecule has 0 unspecified atom stereocenters. The molecule has 67 valence electrons. The molecule has 0 aromatic rings. The van der Waals surface area contributed by atoms with Crippen molar-refractivity contribution in [2.45, 2.75) is 0 Å². The lowest BCUT2D eigenvalue weighted by molar-refractivity contribution is 0.265. The molecule has 0 aromatic carbocycles. The number of nitrogens with one attached hydrogen (secondary N) is 1. The van der Waals surface area contributed by atoms with Crippen LogP contribution in [-0.2, 0) is 0 Å². The van der Waals surface area contributed by atoms with E-state index in [0.29, 0.717) is 0 Å². The zero-order valence-corrected chi connectivity index (χ0v) is 7.50. The first kappa shape index (κ1) is 9.49. The molecule has 1 radical (unpaired) electrons. The van der Waals surface area contributed by atoms with Crippen molar-refractivity contribution in [1.29, 1.82) is 0 Å². The summed E-state index contributed by atoms with van der Waals surface area (Å²) in [6, 6.07) is 0. The molecular formula is C10H17N2. The Morgan fingerprint density at radius 2 is 2.00 bits per heavy atom. The Balaban J connectivity index is 2.12. The van der Waals surface area contributed by atoms with Gasteiger partial charge in [0.25, 0.3) is 0 Å². The molecule has 1 aliphatic rings. The molecule has 2 heteroatoms. The Kier molecular flexibility index (Phi) is 4.73. The van der Waals surface area contributed by atoms with E-state index in [2.05, 4.69) is 29.3 Å². The van der Waals surface area contributed by atoms with Crippen LogP contribution >= 0.6 is 0 Å². The van der Waals surface area contributed by atoms with Crippen molar-refractivity contribution >= 4 is 0 Å². The quantitative estimate of drug-likeness (QED) is 0.623. The van der Waals surface area contributed by atoms with Gasteiger partial charge in [-0.25, -0.2) is 0 Å². The molecule has 1 fully saturated rings. The molecule has 1 heterocycles. The van der Waals surface area contributed by atoms with E-state index in [4.69, 9.17) is 0 Å². The number of nitrogens with zero attached hydrogens (tertiary/aromatic N) is 1. The maximum atomic E-state index is 3.61. The summed E-state index contributed by atoms with van der Waals surface area (Å²) in [5.41, 5.74) is 0. The maximum absolute atomic E-state index is 3.61. The van der Waals surface area contributed by atoms with Crippen molar-refractivity contribution in [2.75, 3.05) is 32.7 Å². The standard InChI is InChI=1S/C10H17N2/c1-2-3-4-5-8-12-9-6-11-7-10-12/h2-5,11H,1,6-10H2. The first-order valence-electron chi connectivity index (χ1n) is 4.47. The third kappa shape index (κ3) is 3.69. The maximum Gasteiger partial charge on any atom is 0.0167 e. The van der Waals surface area contributed by atoms with Crippen LogP contribution in [0, 0.1) is 6.92 Å². The van der Waals surface area contributed by atoms with Crippen molar-refractivity contribution in [1.82, 2.24) is 10.2 Å². The molecular weight excluding hydrogens is 148 g/mol. The van der Waals surface area contributed by atoms with Crippen LogP contribution in [0.2, 0.25) is 0 Å². The molecule has 1 N–H and O–H groups in total. The van der Waals surface area contributed by atoms with Gasteiger partial charge in [-0.15, -0.1) is 0 Å². The van der Waals surface area contributed by atoms with Gasteiger partial charge in [-0.3, -0.25) is 4.90 Å². The minimum atomic E-state index is 1.06. The summed E-state index contributed by atoms with van der Waals surface area (Å²) in [5.74, 6) is 0. The van der Waals surface area contributed by atoms with Gasteiger partial charge in [0.15, 0.2) is 0 Å². The van der Waals surface area contributed by atoms with Crippen molar-refractivity contribution in [3.8, 4) is 0 Å². The van der Waals surface area contributed by atoms with Crippen LogP contribution in [0.3, 0.4) is 0 Å². The third-order valence-electron chi connectivity index (χ3n) is 1.96. The average Bonchev–Trinajstić information content (AvgIpc) is 2.14. The van der Waals surface area contributed by atoms with Crippen LogP contribution in [0.25, 0.3) is 0 Å². The Bertz CT molecular complexity index is 155. The van der Waals surface area contributed by atoms with Crippen LogP contribution in [0.15, 0.2) is 24.3 Å². The summed E-state index contributed by atoms with van der Waals surface area (Å²) in [6.07, 6.45) is 7.98. The first-order chi connectivity index (χ1) is 5.93. The summed E-state index contributed by atoms with van der Waals surface area (Å²) in [6.45, 7) is 9.25. The van der Waals surface area contributed by atoms with E-state index in [-0.39, 0.29) is 0 Å². The van der Waals surface area contributed by atoms with Crippen molar-refractivity contribution < 1.29 is 0 Å². The van der Waals surface area contributed by atoms with Gasteiger partial charge in [0, 0.05) is 32.7 Å². The number of hydrogen-bond acceptors (Lipinski definition) is 2. The predicted octanol–water partition coefficient (Wildman–Crippen LogP) is 0.838. The average molecular weight is 165 g/mol. The molecule has 12 heavy (non-hydrogen) atoms. The Morgan fingerprint density at radius 3 is 2.67 bits per heavy atom. The number of hydrogen-bond donors (Lipinski definition) is 1. The number of piperazine rings is 1. The minimum absolute atomic E-state index is 1.06. The SMILES string of the molecule is [CH2]C=CC=CCN1CCNCC1. The zero-order chi connectivity index (χ0) is 8.65. The molecule has 0 aromatic heterocycles. The van der Waals surface area contributed by atoms with Crippen LogP contribution in [0.5, 0.6) is 0 Å². The van der Waals surface area contributed by atoms with E-state index in [9.17, 15) is 0 Å². The van der Waals surface area contributed by atoms with Crippen LogP contribution in [-0.4, -0.2) is 37.6 Å². The summed E-state index contributed by atoms with van der Waals surface area (Å²) in [4.78, 5) is 2.43. The highest BCUT2D eigenvalue weighted by Gasteiger charge is 2.05. The highest BCUT2D eigenvalue weighted by atomic mass is 15.2. The van der Waals surface area contributed by atoms with Crippen LogP contribution in [0.4, 0.5) is 0 Å². The second kappa shape index (κ2) is 5.98. The Hall–Kier alpha value is -0.600. The van der Waals surface area contributed by atoms with Gasteiger partial charge >= 0.3 is 0 Å². The summed E-state index contributed by atoms with van der Waals surface area (Å²) >= 11 is 0. The van der Waals surface area contributed by atoms with Gasteiger partial charge in [0.2, 0.25) is 0 Å². The predicted molar refractivity (Wildman–Crippen MR) is 52.9 cm³/mol. The zero-order valence-electron chi connectivity index (χ0n) is 7.50. The van der Waals surface area contributed by atoms with Gasteiger partial charge in [0.05, 0.1) is 0 Å². The lowest BCUT2D eigenvalue weighted by atomic mass is 10.3. The molecule has 0 bridgehead atoms. The van der Waals surface area contributed by atoms with E-state index in [1.807, 2.05) is 6.08 Å². The van der Waals surface area contributed by atoms with Gasteiger partial charge in [0.1, 0.15) is 0 Å². The second-order valence-electron chi connectivity index (χ2n) is 2.91. The fourth-order valence-corrected chi connectivity index (χ4v) is 1.26. The highest BCUT2D eigenvalue weighted by molar-refractivity contribution is 5.04. The number of allylic oxidation sites excluding steroid dienone is 3. The summed E-state index contributed by atoms with van der Waals surface area (Å²) < 4.78 is 0.